The highest BCUT2D eigenvalue weighted by Crippen LogP contribution is 2.44. The lowest BCUT2D eigenvalue weighted by molar-refractivity contribution is -0.148. The van der Waals surface area contributed by atoms with Gasteiger partial charge in [0, 0.05) is 12.0 Å². The first kappa shape index (κ1) is 11.9. The van der Waals surface area contributed by atoms with Gasteiger partial charge in [-0.15, -0.1) is 0 Å². The molecule has 0 amide bonds. The van der Waals surface area contributed by atoms with E-state index < -0.39 is 11.4 Å². The molecule has 0 aliphatic carbocycles. The van der Waals surface area contributed by atoms with Gasteiger partial charge in [0.15, 0.2) is 0 Å². The molecule has 1 N–H and O–H groups in total. The molecule has 0 bridgehead atoms. The highest BCUT2D eigenvalue weighted by Gasteiger charge is 2.40. The second-order valence-electron chi connectivity index (χ2n) is 4.90. The van der Waals surface area contributed by atoms with E-state index in [1.54, 1.807) is 19.9 Å². The molecule has 0 spiro atoms. The Morgan fingerprint density at radius 1 is 1.53 bits per heavy atom. The SMILES string of the molecule is CC(C)(C(=O)O)C1CCOc2cc(F)ccc21. The van der Waals surface area contributed by atoms with E-state index in [0.29, 0.717) is 18.8 Å². The van der Waals surface area contributed by atoms with Crippen LogP contribution in [0.4, 0.5) is 4.39 Å². The third-order valence-electron chi connectivity index (χ3n) is 3.44. The van der Waals surface area contributed by atoms with Crippen molar-refractivity contribution in [3.8, 4) is 5.75 Å². The second-order valence-corrected chi connectivity index (χ2v) is 4.90. The molecule has 2 rings (SSSR count). The fourth-order valence-corrected chi connectivity index (χ4v) is 2.26. The van der Waals surface area contributed by atoms with Crippen molar-refractivity contribution in [2.24, 2.45) is 5.41 Å². The van der Waals surface area contributed by atoms with E-state index in [1.165, 1.54) is 12.1 Å². The van der Waals surface area contributed by atoms with Crippen molar-refractivity contribution >= 4 is 5.97 Å². The Balaban J connectivity index is 2.45. The van der Waals surface area contributed by atoms with E-state index in [4.69, 9.17) is 4.74 Å². The summed E-state index contributed by atoms with van der Waals surface area (Å²) in [4.78, 5) is 11.3. The lowest BCUT2D eigenvalue weighted by atomic mass is 9.72. The molecule has 3 nitrogen and oxygen atoms in total. The fourth-order valence-electron chi connectivity index (χ4n) is 2.26. The number of ether oxygens (including phenoxy) is 1. The van der Waals surface area contributed by atoms with Crippen molar-refractivity contribution < 1.29 is 19.0 Å². The Kier molecular flexibility index (Phi) is 2.81. The van der Waals surface area contributed by atoms with Crippen molar-refractivity contribution in [1.82, 2.24) is 0 Å². The Hall–Kier alpha value is -1.58. The summed E-state index contributed by atoms with van der Waals surface area (Å²) in [7, 11) is 0. The summed E-state index contributed by atoms with van der Waals surface area (Å²) in [6.45, 7) is 3.81. The second kappa shape index (κ2) is 4.02. The van der Waals surface area contributed by atoms with Crippen LogP contribution in [0.5, 0.6) is 5.75 Å². The number of fused-ring (bicyclic) bond motifs is 1. The Morgan fingerprint density at radius 2 is 2.24 bits per heavy atom. The fraction of sp³-hybridized carbons (Fsp3) is 0.462. The van der Waals surface area contributed by atoms with Gasteiger partial charge in [0.25, 0.3) is 0 Å². The summed E-state index contributed by atoms with van der Waals surface area (Å²) in [5.41, 5.74) is -0.0962. The molecule has 92 valence electrons. The van der Waals surface area contributed by atoms with E-state index >= 15 is 0 Å². The first-order chi connectivity index (χ1) is 7.93. The zero-order chi connectivity index (χ0) is 12.6. The number of carbonyl (C=O) groups is 1. The molecule has 0 fully saturated rings. The van der Waals surface area contributed by atoms with E-state index in [9.17, 15) is 14.3 Å². The predicted molar refractivity (Wildman–Crippen MR) is 60.7 cm³/mol. The number of benzene rings is 1. The summed E-state index contributed by atoms with van der Waals surface area (Å²) >= 11 is 0. The summed E-state index contributed by atoms with van der Waals surface area (Å²) in [6.07, 6.45) is 0.637. The molecule has 0 radical (unpaired) electrons. The van der Waals surface area contributed by atoms with E-state index in [2.05, 4.69) is 0 Å². The van der Waals surface area contributed by atoms with Crippen molar-refractivity contribution in [2.45, 2.75) is 26.2 Å². The molecule has 1 aromatic rings. The Labute approximate surface area is 99.2 Å². The van der Waals surface area contributed by atoms with Gasteiger partial charge >= 0.3 is 5.97 Å². The van der Waals surface area contributed by atoms with Gasteiger partial charge in [-0.2, -0.15) is 0 Å². The first-order valence-electron chi connectivity index (χ1n) is 5.58. The van der Waals surface area contributed by atoms with Crippen molar-refractivity contribution in [3.05, 3.63) is 29.6 Å². The molecule has 1 aromatic carbocycles. The third-order valence-corrected chi connectivity index (χ3v) is 3.44. The van der Waals surface area contributed by atoms with Crippen LogP contribution in [-0.2, 0) is 4.79 Å². The van der Waals surface area contributed by atoms with Crippen LogP contribution < -0.4 is 4.74 Å². The van der Waals surface area contributed by atoms with Gasteiger partial charge in [-0.25, -0.2) is 4.39 Å². The molecule has 1 heterocycles. The molecule has 0 saturated heterocycles. The molecule has 0 aromatic heterocycles. The topological polar surface area (TPSA) is 46.5 Å². The van der Waals surface area contributed by atoms with Crippen LogP contribution in [0.25, 0.3) is 0 Å². The number of carboxylic acid groups (broad SMARTS) is 1. The van der Waals surface area contributed by atoms with E-state index in [0.717, 1.165) is 5.56 Å². The molecular weight excluding hydrogens is 223 g/mol. The number of carboxylic acids is 1. The average molecular weight is 238 g/mol. The standard InChI is InChI=1S/C13H15FO3/c1-13(2,12(15)16)10-5-6-17-11-7-8(14)3-4-9(10)11/h3-4,7,10H,5-6H2,1-2H3,(H,15,16). The summed E-state index contributed by atoms with van der Waals surface area (Å²) < 4.78 is 18.5. The smallest absolute Gasteiger partial charge is 0.309 e. The minimum Gasteiger partial charge on any atom is -0.493 e. The largest absolute Gasteiger partial charge is 0.493 e. The quantitative estimate of drug-likeness (QED) is 0.861. The highest BCUT2D eigenvalue weighted by atomic mass is 19.1. The van der Waals surface area contributed by atoms with Crippen LogP contribution in [0.3, 0.4) is 0 Å². The normalized spacial score (nSPS) is 19.4. The van der Waals surface area contributed by atoms with Gasteiger partial charge in [-0.3, -0.25) is 4.79 Å². The minimum absolute atomic E-state index is 0.149. The monoisotopic (exact) mass is 238 g/mol. The van der Waals surface area contributed by atoms with Gasteiger partial charge < -0.3 is 9.84 Å². The van der Waals surface area contributed by atoms with E-state index in [1.807, 2.05) is 0 Å². The number of hydrogen-bond acceptors (Lipinski definition) is 2. The van der Waals surface area contributed by atoms with Gasteiger partial charge in [-0.05, 0) is 31.9 Å². The molecule has 0 saturated carbocycles. The number of rotatable bonds is 2. The molecule has 1 aliphatic rings. The van der Waals surface area contributed by atoms with Gasteiger partial charge in [0.05, 0.1) is 12.0 Å². The zero-order valence-corrected chi connectivity index (χ0v) is 9.87. The van der Waals surface area contributed by atoms with Gasteiger partial charge in [0.2, 0.25) is 0 Å². The van der Waals surface area contributed by atoms with Crippen LogP contribution >= 0.6 is 0 Å². The van der Waals surface area contributed by atoms with Gasteiger partial charge in [0.1, 0.15) is 11.6 Å². The van der Waals surface area contributed by atoms with Crippen LogP contribution in [-0.4, -0.2) is 17.7 Å². The van der Waals surface area contributed by atoms with Crippen LogP contribution in [0.2, 0.25) is 0 Å². The Bertz CT molecular complexity index is 454. The molecule has 17 heavy (non-hydrogen) atoms. The highest BCUT2D eigenvalue weighted by molar-refractivity contribution is 5.75. The van der Waals surface area contributed by atoms with Crippen LogP contribution in [0, 0.1) is 11.2 Å². The molecule has 4 heteroatoms. The first-order valence-corrected chi connectivity index (χ1v) is 5.58. The average Bonchev–Trinajstić information content (AvgIpc) is 2.27. The lowest BCUT2D eigenvalue weighted by Crippen LogP contribution is -2.34. The zero-order valence-electron chi connectivity index (χ0n) is 9.87. The van der Waals surface area contributed by atoms with E-state index in [-0.39, 0.29) is 11.7 Å². The van der Waals surface area contributed by atoms with Crippen LogP contribution in [0.15, 0.2) is 18.2 Å². The summed E-state index contributed by atoms with van der Waals surface area (Å²) in [5, 5.41) is 9.26. The maximum absolute atomic E-state index is 13.1. The third kappa shape index (κ3) is 1.99. The molecule has 1 aliphatic heterocycles. The van der Waals surface area contributed by atoms with Crippen molar-refractivity contribution in [1.29, 1.82) is 0 Å². The maximum atomic E-state index is 13.1. The molecule has 1 atom stereocenters. The molecule has 1 unspecified atom stereocenters. The number of aliphatic carboxylic acids is 1. The molecular formula is C13H15FO3. The lowest BCUT2D eigenvalue weighted by Gasteiger charge is -2.35. The number of hydrogen-bond donors (Lipinski definition) is 1. The van der Waals surface area contributed by atoms with Crippen LogP contribution in [0.1, 0.15) is 31.7 Å². The van der Waals surface area contributed by atoms with Crippen molar-refractivity contribution in [2.75, 3.05) is 6.61 Å². The maximum Gasteiger partial charge on any atom is 0.309 e. The predicted octanol–water partition coefficient (Wildman–Crippen LogP) is 2.80. The van der Waals surface area contributed by atoms with Crippen molar-refractivity contribution in [3.63, 3.8) is 0 Å². The number of halogens is 1. The summed E-state index contributed by atoms with van der Waals surface area (Å²) in [6, 6.07) is 4.29. The Morgan fingerprint density at radius 3 is 2.88 bits per heavy atom. The van der Waals surface area contributed by atoms with Gasteiger partial charge in [-0.1, -0.05) is 6.07 Å². The summed E-state index contributed by atoms with van der Waals surface area (Å²) in [5.74, 6) is -0.892. The minimum atomic E-state index is -0.879.